The van der Waals surface area contributed by atoms with Crippen LogP contribution in [-0.2, 0) is 6.18 Å². The van der Waals surface area contributed by atoms with Gasteiger partial charge in [-0.25, -0.2) is 0 Å². The van der Waals surface area contributed by atoms with Gasteiger partial charge in [-0.3, -0.25) is 10.1 Å². The van der Waals surface area contributed by atoms with E-state index in [0.717, 1.165) is 12.1 Å². The average molecular weight is 262 g/mol. The molecule has 2 unspecified atom stereocenters. The lowest BCUT2D eigenvalue weighted by Crippen LogP contribution is -2.23. The summed E-state index contributed by atoms with van der Waals surface area (Å²) >= 11 is 0. The predicted octanol–water partition coefficient (Wildman–Crippen LogP) is 3.06. The van der Waals surface area contributed by atoms with Crippen molar-refractivity contribution in [3.8, 4) is 0 Å². The minimum absolute atomic E-state index is 0.211. The molecule has 1 rings (SSSR count). The fraction of sp³-hybridized carbons (Fsp3) is 0.455. The summed E-state index contributed by atoms with van der Waals surface area (Å²) in [6.07, 6.45) is -4.60. The quantitative estimate of drug-likeness (QED) is 0.672. The minimum atomic E-state index is -4.60. The number of hydrogen-bond acceptors (Lipinski definition) is 3. The van der Waals surface area contributed by atoms with Crippen LogP contribution >= 0.6 is 0 Å². The summed E-state index contributed by atoms with van der Waals surface area (Å²) in [5, 5.41) is 10.8. The Morgan fingerprint density at radius 1 is 1.33 bits per heavy atom. The smallest absolute Gasteiger partial charge is 0.327 e. The van der Waals surface area contributed by atoms with E-state index in [4.69, 9.17) is 5.73 Å². The van der Waals surface area contributed by atoms with Gasteiger partial charge in [-0.05, 0) is 13.0 Å². The van der Waals surface area contributed by atoms with Crippen LogP contribution in [0.3, 0.4) is 0 Å². The highest BCUT2D eigenvalue weighted by molar-refractivity contribution is 5.46. The van der Waals surface area contributed by atoms with Crippen LogP contribution in [0.2, 0.25) is 0 Å². The van der Waals surface area contributed by atoms with Gasteiger partial charge in [0, 0.05) is 23.6 Å². The van der Waals surface area contributed by atoms with Crippen molar-refractivity contribution in [1.82, 2.24) is 0 Å². The van der Waals surface area contributed by atoms with Gasteiger partial charge in [0.25, 0.3) is 5.69 Å². The largest absolute Gasteiger partial charge is 0.416 e. The molecule has 100 valence electrons. The lowest BCUT2D eigenvalue weighted by molar-refractivity contribution is -0.386. The number of alkyl halides is 3. The van der Waals surface area contributed by atoms with Crippen LogP contribution in [0, 0.1) is 10.1 Å². The molecule has 0 radical (unpaired) electrons. The molecule has 0 aliphatic carbocycles. The first-order valence-electron chi connectivity index (χ1n) is 5.25. The molecular weight excluding hydrogens is 249 g/mol. The molecule has 0 saturated heterocycles. The number of benzene rings is 1. The first-order valence-corrected chi connectivity index (χ1v) is 5.25. The van der Waals surface area contributed by atoms with Crippen LogP contribution in [0.4, 0.5) is 18.9 Å². The number of rotatable bonds is 3. The topological polar surface area (TPSA) is 69.2 Å². The molecule has 0 heterocycles. The van der Waals surface area contributed by atoms with Gasteiger partial charge in [0.15, 0.2) is 0 Å². The molecule has 2 atom stereocenters. The second-order valence-corrected chi connectivity index (χ2v) is 4.18. The third kappa shape index (κ3) is 2.98. The van der Waals surface area contributed by atoms with Crippen LogP contribution in [0.5, 0.6) is 0 Å². The highest BCUT2D eigenvalue weighted by atomic mass is 19.4. The summed E-state index contributed by atoms with van der Waals surface area (Å²) in [6, 6.07) is 2.12. The SMILES string of the molecule is CC(N)C(C)c1ccc(C(F)(F)F)cc1[N+](=O)[O-]. The minimum Gasteiger partial charge on any atom is -0.327 e. The molecule has 4 nitrogen and oxygen atoms in total. The third-order valence-electron chi connectivity index (χ3n) is 2.83. The molecule has 0 bridgehead atoms. The molecular formula is C11H13F3N2O2. The van der Waals surface area contributed by atoms with Crippen LogP contribution in [0.25, 0.3) is 0 Å². The van der Waals surface area contributed by atoms with E-state index in [2.05, 4.69) is 0 Å². The molecule has 0 aromatic heterocycles. The van der Waals surface area contributed by atoms with Crippen molar-refractivity contribution in [2.75, 3.05) is 0 Å². The van der Waals surface area contributed by atoms with Crippen molar-refractivity contribution >= 4 is 5.69 Å². The number of halogens is 3. The summed E-state index contributed by atoms with van der Waals surface area (Å²) in [7, 11) is 0. The normalized spacial score (nSPS) is 15.2. The molecule has 0 aliphatic rings. The number of nitrogens with zero attached hydrogens (tertiary/aromatic N) is 1. The lowest BCUT2D eigenvalue weighted by Gasteiger charge is -2.17. The molecule has 2 N–H and O–H groups in total. The van der Waals surface area contributed by atoms with Gasteiger partial charge in [0.1, 0.15) is 0 Å². The zero-order valence-corrected chi connectivity index (χ0v) is 9.86. The van der Waals surface area contributed by atoms with Gasteiger partial charge >= 0.3 is 6.18 Å². The summed E-state index contributed by atoms with van der Waals surface area (Å²) in [5.74, 6) is -0.396. The Morgan fingerprint density at radius 2 is 1.89 bits per heavy atom. The van der Waals surface area contributed by atoms with Gasteiger partial charge in [0.05, 0.1) is 10.5 Å². The van der Waals surface area contributed by atoms with Crippen molar-refractivity contribution in [1.29, 1.82) is 0 Å². The Bertz CT molecular complexity index is 458. The summed E-state index contributed by atoms with van der Waals surface area (Å²) in [6.45, 7) is 3.28. The van der Waals surface area contributed by atoms with E-state index < -0.39 is 28.3 Å². The van der Waals surface area contributed by atoms with E-state index in [1.807, 2.05) is 0 Å². The van der Waals surface area contributed by atoms with Crippen molar-refractivity contribution in [2.24, 2.45) is 5.73 Å². The fourth-order valence-corrected chi connectivity index (χ4v) is 1.55. The summed E-state index contributed by atoms with van der Waals surface area (Å²) < 4.78 is 37.4. The summed E-state index contributed by atoms with van der Waals surface area (Å²) in [5.41, 5.74) is 4.25. The van der Waals surface area contributed by atoms with Gasteiger partial charge in [0.2, 0.25) is 0 Å². The number of nitro groups is 1. The third-order valence-corrected chi connectivity index (χ3v) is 2.83. The molecule has 0 spiro atoms. The maximum atomic E-state index is 12.5. The van der Waals surface area contributed by atoms with Crippen molar-refractivity contribution in [3.63, 3.8) is 0 Å². The maximum absolute atomic E-state index is 12.5. The molecule has 7 heteroatoms. The average Bonchev–Trinajstić information content (AvgIpc) is 2.25. The zero-order chi connectivity index (χ0) is 14.1. The maximum Gasteiger partial charge on any atom is 0.416 e. The van der Waals surface area contributed by atoms with Crippen molar-refractivity contribution < 1.29 is 18.1 Å². The van der Waals surface area contributed by atoms with E-state index in [1.54, 1.807) is 13.8 Å². The van der Waals surface area contributed by atoms with Crippen molar-refractivity contribution in [2.45, 2.75) is 32.0 Å². The van der Waals surface area contributed by atoms with E-state index in [9.17, 15) is 23.3 Å². The Morgan fingerprint density at radius 3 is 2.28 bits per heavy atom. The Kier molecular flexibility index (Phi) is 3.95. The standard InChI is InChI=1S/C11H13F3N2O2/c1-6(7(2)15)9-4-3-8(11(12,13)14)5-10(9)16(17)18/h3-7H,15H2,1-2H3. The highest BCUT2D eigenvalue weighted by Gasteiger charge is 2.33. The second kappa shape index (κ2) is 4.93. The molecule has 1 aromatic rings. The van der Waals surface area contributed by atoms with E-state index in [0.29, 0.717) is 6.07 Å². The zero-order valence-electron chi connectivity index (χ0n) is 9.86. The molecule has 0 saturated carbocycles. The molecule has 0 fully saturated rings. The first-order chi connectivity index (χ1) is 8.14. The van der Waals surface area contributed by atoms with Gasteiger partial charge in [-0.15, -0.1) is 0 Å². The molecule has 0 amide bonds. The van der Waals surface area contributed by atoms with Crippen LogP contribution in [0.1, 0.15) is 30.9 Å². The Hall–Kier alpha value is -1.63. The van der Waals surface area contributed by atoms with Crippen LogP contribution in [0.15, 0.2) is 18.2 Å². The number of hydrogen-bond donors (Lipinski definition) is 1. The van der Waals surface area contributed by atoms with Crippen molar-refractivity contribution in [3.05, 3.63) is 39.4 Å². The highest BCUT2D eigenvalue weighted by Crippen LogP contribution is 2.35. The fourth-order valence-electron chi connectivity index (χ4n) is 1.55. The number of nitro benzene ring substituents is 1. The predicted molar refractivity (Wildman–Crippen MR) is 60.2 cm³/mol. The van der Waals surface area contributed by atoms with Gasteiger partial charge in [-0.1, -0.05) is 13.0 Å². The van der Waals surface area contributed by atoms with E-state index in [1.165, 1.54) is 0 Å². The van der Waals surface area contributed by atoms with E-state index in [-0.39, 0.29) is 11.6 Å². The van der Waals surface area contributed by atoms with E-state index >= 15 is 0 Å². The molecule has 0 aliphatic heterocycles. The van der Waals surface area contributed by atoms with Crippen LogP contribution in [-0.4, -0.2) is 11.0 Å². The number of nitrogens with two attached hydrogens (primary N) is 1. The lowest BCUT2D eigenvalue weighted by atomic mass is 9.92. The monoisotopic (exact) mass is 262 g/mol. The Labute approximate surface area is 102 Å². The van der Waals surface area contributed by atoms with Gasteiger partial charge in [-0.2, -0.15) is 13.2 Å². The Balaban J connectivity index is 3.34. The second-order valence-electron chi connectivity index (χ2n) is 4.18. The van der Waals surface area contributed by atoms with Crippen LogP contribution < -0.4 is 5.73 Å². The summed E-state index contributed by atoms with van der Waals surface area (Å²) in [4.78, 5) is 10.0. The van der Waals surface area contributed by atoms with Gasteiger partial charge < -0.3 is 5.73 Å². The molecule has 18 heavy (non-hydrogen) atoms. The first kappa shape index (κ1) is 14.4. The molecule has 1 aromatic carbocycles.